The second-order valence-electron chi connectivity index (χ2n) is 2.35. The Kier molecular flexibility index (Phi) is 2.00. The summed E-state index contributed by atoms with van der Waals surface area (Å²) in [5, 5.41) is 10.2. The van der Waals surface area contributed by atoms with Gasteiger partial charge in [-0.05, 0) is 12.1 Å². The molecule has 0 spiro atoms. The summed E-state index contributed by atoms with van der Waals surface area (Å²) in [6, 6.07) is 5.56. The third-order valence-corrected chi connectivity index (χ3v) is 3.06. The lowest BCUT2D eigenvalue weighted by Crippen LogP contribution is -1.77. The molecule has 0 atom stereocenters. The SMILES string of the molecule is OCc1nc2cccc(Cl)c2s1. The number of hydrogen-bond donors (Lipinski definition) is 1. The molecule has 0 radical (unpaired) electrons. The maximum atomic E-state index is 8.83. The number of aliphatic hydroxyl groups excluding tert-OH is 1. The fraction of sp³-hybridized carbons (Fsp3) is 0.125. The maximum absolute atomic E-state index is 8.83. The third kappa shape index (κ3) is 1.20. The molecule has 2 aromatic rings. The van der Waals surface area contributed by atoms with Gasteiger partial charge in [-0.25, -0.2) is 4.98 Å². The molecule has 1 aromatic carbocycles. The zero-order valence-corrected chi connectivity index (χ0v) is 7.69. The highest BCUT2D eigenvalue weighted by molar-refractivity contribution is 7.19. The zero-order chi connectivity index (χ0) is 8.55. The molecule has 0 aliphatic carbocycles. The van der Waals surface area contributed by atoms with E-state index in [1.165, 1.54) is 11.3 Å². The number of fused-ring (bicyclic) bond motifs is 1. The fourth-order valence-electron chi connectivity index (χ4n) is 1.03. The van der Waals surface area contributed by atoms with Crippen LogP contribution in [0.4, 0.5) is 0 Å². The first kappa shape index (κ1) is 7.98. The Labute approximate surface area is 78.4 Å². The number of halogens is 1. The number of rotatable bonds is 1. The Morgan fingerprint density at radius 2 is 2.33 bits per heavy atom. The number of nitrogens with zero attached hydrogens (tertiary/aromatic N) is 1. The second-order valence-corrected chi connectivity index (χ2v) is 3.84. The van der Waals surface area contributed by atoms with Crippen molar-refractivity contribution in [1.82, 2.24) is 4.98 Å². The van der Waals surface area contributed by atoms with Gasteiger partial charge in [0, 0.05) is 0 Å². The summed E-state index contributed by atoms with van der Waals surface area (Å²) in [4.78, 5) is 4.18. The summed E-state index contributed by atoms with van der Waals surface area (Å²) in [5.41, 5.74) is 0.858. The summed E-state index contributed by atoms with van der Waals surface area (Å²) in [6.07, 6.45) is 0. The van der Waals surface area contributed by atoms with Crippen molar-refractivity contribution in [2.75, 3.05) is 0 Å². The van der Waals surface area contributed by atoms with Gasteiger partial charge in [0.05, 0.1) is 21.8 Å². The molecule has 0 aliphatic heterocycles. The van der Waals surface area contributed by atoms with Crippen LogP contribution in [0.25, 0.3) is 10.2 Å². The average Bonchev–Trinajstić information content (AvgIpc) is 2.49. The minimum Gasteiger partial charge on any atom is -0.389 e. The molecular formula is C8H6ClNOS. The summed E-state index contributed by atoms with van der Waals surface area (Å²) in [7, 11) is 0. The van der Waals surface area contributed by atoms with E-state index in [1.54, 1.807) is 0 Å². The topological polar surface area (TPSA) is 33.1 Å². The first-order valence-electron chi connectivity index (χ1n) is 3.46. The largest absolute Gasteiger partial charge is 0.389 e. The van der Waals surface area contributed by atoms with Crippen molar-refractivity contribution in [3.05, 3.63) is 28.2 Å². The molecule has 1 aromatic heterocycles. The van der Waals surface area contributed by atoms with E-state index in [0.717, 1.165) is 10.2 Å². The molecule has 0 bridgehead atoms. The van der Waals surface area contributed by atoms with Gasteiger partial charge < -0.3 is 5.11 Å². The Hall–Kier alpha value is -0.640. The van der Waals surface area contributed by atoms with E-state index in [-0.39, 0.29) is 6.61 Å². The van der Waals surface area contributed by atoms with Gasteiger partial charge in [-0.15, -0.1) is 11.3 Å². The quantitative estimate of drug-likeness (QED) is 0.766. The van der Waals surface area contributed by atoms with Gasteiger partial charge in [-0.2, -0.15) is 0 Å². The summed E-state index contributed by atoms with van der Waals surface area (Å²) < 4.78 is 0.947. The van der Waals surface area contributed by atoms with E-state index in [9.17, 15) is 0 Å². The molecule has 62 valence electrons. The van der Waals surface area contributed by atoms with Crippen molar-refractivity contribution in [2.45, 2.75) is 6.61 Å². The van der Waals surface area contributed by atoms with Gasteiger partial charge in [0.2, 0.25) is 0 Å². The van der Waals surface area contributed by atoms with Crippen molar-refractivity contribution >= 4 is 33.2 Å². The number of thiazole rings is 1. The van der Waals surface area contributed by atoms with Crippen LogP contribution in [0.5, 0.6) is 0 Å². The Morgan fingerprint density at radius 1 is 1.50 bits per heavy atom. The monoisotopic (exact) mass is 199 g/mol. The summed E-state index contributed by atoms with van der Waals surface area (Å²) in [5.74, 6) is 0. The number of benzene rings is 1. The van der Waals surface area contributed by atoms with Crippen LogP contribution in [0.3, 0.4) is 0 Å². The van der Waals surface area contributed by atoms with Crippen molar-refractivity contribution in [2.24, 2.45) is 0 Å². The predicted octanol–water partition coefficient (Wildman–Crippen LogP) is 2.44. The molecule has 1 N–H and O–H groups in total. The Bertz CT molecular complexity index is 412. The van der Waals surface area contributed by atoms with Gasteiger partial charge in [-0.1, -0.05) is 17.7 Å². The highest BCUT2D eigenvalue weighted by atomic mass is 35.5. The van der Waals surface area contributed by atoms with Gasteiger partial charge in [0.1, 0.15) is 5.01 Å². The second kappa shape index (κ2) is 3.01. The van der Waals surface area contributed by atoms with Gasteiger partial charge in [-0.3, -0.25) is 0 Å². The molecule has 0 fully saturated rings. The van der Waals surface area contributed by atoms with Crippen molar-refractivity contribution in [3.8, 4) is 0 Å². The van der Waals surface area contributed by atoms with Crippen LogP contribution < -0.4 is 0 Å². The van der Waals surface area contributed by atoms with E-state index in [4.69, 9.17) is 16.7 Å². The van der Waals surface area contributed by atoms with Crippen LogP contribution in [-0.4, -0.2) is 10.1 Å². The van der Waals surface area contributed by atoms with E-state index in [1.807, 2.05) is 18.2 Å². The lowest BCUT2D eigenvalue weighted by Gasteiger charge is -1.87. The number of aliphatic hydroxyl groups is 1. The molecule has 0 saturated carbocycles. The van der Waals surface area contributed by atoms with Crippen molar-refractivity contribution < 1.29 is 5.11 Å². The molecular weight excluding hydrogens is 194 g/mol. The van der Waals surface area contributed by atoms with Gasteiger partial charge in [0.15, 0.2) is 0 Å². The first-order valence-corrected chi connectivity index (χ1v) is 4.65. The third-order valence-electron chi connectivity index (χ3n) is 1.55. The molecule has 0 aliphatic rings. The Balaban J connectivity index is 2.74. The van der Waals surface area contributed by atoms with Crippen LogP contribution in [0.15, 0.2) is 18.2 Å². The van der Waals surface area contributed by atoms with E-state index < -0.39 is 0 Å². The minimum atomic E-state index is -0.0182. The van der Waals surface area contributed by atoms with Crippen molar-refractivity contribution in [1.29, 1.82) is 0 Å². The van der Waals surface area contributed by atoms with Crippen LogP contribution in [0.1, 0.15) is 5.01 Å². The van der Waals surface area contributed by atoms with Crippen molar-refractivity contribution in [3.63, 3.8) is 0 Å². The summed E-state index contributed by atoms with van der Waals surface area (Å²) in [6.45, 7) is -0.0182. The van der Waals surface area contributed by atoms with Gasteiger partial charge in [0.25, 0.3) is 0 Å². The van der Waals surface area contributed by atoms with Gasteiger partial charge >= 0.3 is 0 Å². The lowest BCUT2D eigenvalue weighted by atomic mass is 10.3. The molecule has 1 heterocycles. The van der Waals surface area contributed by atoms with E-state index in [2.05, 4.69) is 4.98 Å². The highest BCUT2D eigenvalue weighted by Crippen LogP contribution is 2.28. The minimum absolute atomic E-state index is 0.0182. The highest BCUT2D eigenvalue weighted by Gasteiger charge is 2.04. The molecule has 4 heteroatoms. The van der Waals surface area contributed by atoms with Crippen LogP contribution in [-0.2, 0) is 6.61 Å². The molecule has 12 heavy (non-hydrogen) atoms. The molecule has 0 saturated heterocycles. The van der Waals surface area contributed by atoms with E-state index >= 15 is 0 Å². The zero-order valence-electron chi connectivity index (χ0n) is 6.12. The first-order chi connectivity index (χ1) is 5.81. The normalized spacial score (nSPS) is 10.8. The summed E-state index contributed by atoms with van der Waals surface area (Å²) >= 11 is 7.35. The van der Waals surface area contributed by atoms with Crippen LogP contribution in [0.2, 0.25) is 5.02 Å². The molecule has 0 unspecified atom stereocenters. The maximum Gasteiger partial charge on any atom is 0.119 e. The molecule has 0 amide bonds. The smallest absolute Gasteiger partial charge is 0.119 e. The number of aromatic nitrogens is 1. The predicted molar refractivity (Wildman–Crippen MR) is 50.6 cm³/mol. The molecule has 2 nitrogen and oxygen atoms in total. The van der Waals surface area contributed by atoms with E-state index in [0.29, 0.717) is 10.0 Å². The fourth-order valence-corrected chi connectivity index (χ4v) is 2.14. The standard InChI is InChI=1S/C8H6ClNOS/c9-5-2-1-3-6-8(5)12-7(4-11)10-6/h1-3,11H,4H2. The van der Waals surface area contributed by atoms with Crippen LogP contribution in [0, 0.1) is 0 Å². The molecule has 2 rings (SSSR count). The lowest BCUT2D eigenvalue weighted by molar-refractivity contribution is 0.281. The van der Waals surface area contributed by atoms with Crippen LogP contribution >= 0.6 is 22.9 Å². The Morgan fingerprint density at radius 3 is 3.00 bits per heavy atom. The number of hydrogen-bond acceptors (Lipinski definition) is 3. The average molecular weight is 200 g/mol.